The Kier molecular flexibility index (Phi) is 22.8. The molecule has 0 amide bonds. The summed E-state index contributed by atoms with van der Waals surface area (Å²) in [6, 6.07) is 105. The minimum absolute atomic E-state index is 0. The molecule has 8 aromatic carbocycles. The molecule has 0 radical (unpaired) electrons. The summed E-state index contributed by atoms with van der Waals surface area (Å²) in [5.41, 5.74) is 5.90. The van der Waals surface area contributed by atoms with Crippen LogP contribution in [-0.2, 0) is 68.6 Å². The third-order valence-corrected chi connectivity index (χ3v) is 27.6. The summed E-state index contributed by atoms with van der Waals surface area (Å²) >= 11 is 5.33. The van der Waals surface area contributed by atoms with Gasteiger partial charge in [0.1, 0.15) is 27.8 Å². The van der Waals surface area contributed by atoms with Crippen molar-refractivity contribution in [3.8, 4) is 11.6 Å². The first-order valence-electron chi connectivity index (χ1n) is 32.6. The molecular weight excluding hydrogens is 1890 g/mol. The smallest absolute Gasteiger partial charge is 0.460 e. The first-order chi connectivity index (χ1) is 48.3. The van der Waals surface area contributed by atoms with Crippen LogP contribution in [0.25, 0.3) is 60.5 Å². The van der Waals surface area contributed by atoms with Gasteiger partial charge in [0.2, 0.25) is 5.88 Å². The second-order valence-corrected chi connectivity index (χ2v) is 37.2. The molecule has 0 fully saturated rings. The second-order valence-electron chi connectivity index (χ2n) is 25.4. The molecule has 506 valence electrons. The number of rotatable bonds is 14. The summed E-state index contributed by atoms with van der Waals surface area (Å²) < 4.78 is 13.1. The molecule has 0 aliphatic carbocycles. The van der Waals surface area contributed by atoms with Crippen LogP contribution >= 0.6 is 34.0 Å². The van der Waals surface area contributed by atoms with Crippen molar-refractivity contribution in [2.24, 2.45) is 0 Å². The van der Waals surface area contributed by atoms with Gasteiger partial charge in [-0.25, -0.2) is 47.3 Å². The Bertz CT molecular complexity index is 5330. The fourth-order valence-electron chi connectivity index (χ4n) is 12.3. The Labute approximate surface area is 651 Å². The molecule has 0 aliphatic rings. The van der Waals surface area contributed by atoms with E-state index in [1.165, 1.54) is 49.2 Å². The van der Waals surface area contributed by atoms with Crippen molar-refractivity contribution in [1.82, 2.24) is 29.9 Å². The zero-order chi connectivity index (χ0) is 67.5. The van der Waals surface area contributed by atoms with Crippen molar-refractivity contribution in [3.63, 3.8) is 0 Å². The largest absolute Gasteiger partial charge is 2.00 e. The summed E-state index contributed by atoms with van der Waals surface area (Å²) in [5.74, 6) is 2.95. The normalized spacial score (nSPS) is 11.4. The maximum absolute atomic E-state index is 5.89. The van der Waals surface area contributed by atoms with E-state index in [0.29, 0.717) is 11.6 Å². The van der Waals surface area contributed by atoms with Crippen molar-refractivity contribution < 1.29 is 67.9 Å². The number of para-hydroxylation sites is 2. The Morgan fingerprint density at radius 2 is 0.706 bits per heavy atom. The first-order valence-corrected chi connectivity index (χ1v) is 41.1. The van der Waals surface area contributed by atoms with Crippen molar-refractivity contribution in [1.29, 1.82) is 0 Å². The van der Waals surface area contributed by atoms with Gasteiger partial charge in [-0.1, -0.05) is 113 Å². The zero-order valence-corrected chi connectivity index (χ0v) is 67.5. The minimum atomic E-state index is -1.97. The Morgan fingerprint density at radius 3 is 1.13 bits per heavy atom. The molecule has 0 bridgehead atoms. The SMILES string of the molecule is CC(C)(c1[c-]c2c(cc1)sc1ccc(N(c3ccccc3)c3ccccn3)[c-]c12)c1ccccn1.C[Si](C)(c1[c-]c2c(cc1)sc1ccc(N(c3ccccc3)c3ccccn3)[c-]c12)c1ccccn1.C[Si](C)(c1[c-]c2c(cc1)sc1ccc(Oc3ccccn3)[c-]c12)c1ccccn1.[Pt+2].[Pt+2].[Pt+2]. The summed E-state index contributed by atoms with van der Waals surface area (Å²) in [6.45, 7) is 13.7. The molecule has 17 heteroatoms. The quantitative estimate of drug-likeness (QED) is 0.0779. The van der Waals surface area contributed by atoms with Gasteiger partial charge in [-0.15, -0.1) is 123 Å². The van der Waals surface area contributed by atoms with Crippen LogP contribution in [0.5, 0.6) is 11.6 Å². The molecule has 0 atom stereocenters. The Morgan fingerprint density at radius 1 is 0.333 bits per heavy atom. The third kappa shape index (κ3) is 15.2. The average molecular weight is 1950 g/mol. The van der Waals surface area contributed by atoms with Gasteiger partial charge in [0.15, 0.2) is 0 Å². The average Bonchev–Trinajstić information content (AvgIpc) is 1.60. The summed E-state index contributed by atoms with van der Waals surface area (Å²) in [6.07, 6.45) is 11.0. The third-order valence-electron chi connectivity index (χ3n) is 17.9. The molecule has 0 N–H and O–H groups in total. The number of thiophene rings is 3. The van der Waals surface area contributed by atoms with Crippen LogP contribution in [0, 0.1) is 36.4 Å². The van der Waals surface area contributed by atoms with Crippen LogP contribution in [0.3, 0.4) is 0 Å². The van der Waals surface area contributed by atoms with Crippen LogP contribution in [0.1, 0.15) is 25.1 Å². The molecule has 0 spiro atoms. The van der Waals surface area contributed by atoms with Gasteiger partial charge in [-0.3, -0.25) is 49.0 Å². The van der Waals surface area contributed by atoms with E-state index in [-0.39, 0.29) is 68.6 Å². The summed E-state index contributed by atoms with van der Waals surface area (Å²) in [7, 11) is -3.90. The first kappa shape index (κ1) is 73.0. The van der Waals surface area contributed by atoms with Crippen molar-refractivity contribution in [3.05, 3.63) is 327 Å². The van der Waals surface area contributed by atoms with Gasteiger partial charge in [-0.2, -0.15) is 30.3 Å². The number of ether oxygens (including phenoxy) is 1. The van der Waals surface area contributed by atoms with Gasteiger partial charge in [0.05, 0.1) is 0 Å². The van der Waals surface area contributed by atoms with Gasteiger partial charge >= 0.3 is 63.2 Å². The number of nitrogens with zero attached hydrogens (tertiary/aromatic N) is 8. The van der Waals surface area contributed by atoms with E-state index in [1.54, 1.807) is 40.2 Å². The fraction of sp³-hybridized carbons (Fsp3) is 0.0824. The molecule has 17 rings (SSSR count). The summed E-state index contributed by atoms with van der Waals surface area (Å²) in [5, 5.41) is 11.4. The van der Waals surface area contributed by atoms with Crippen molar-refractivity contribution in [2.75, 3.05) is 9.80 Å². The van der Waals surface area contributed by atoms with Crippen molar-refractivity contribution in [2.45, 2.75) is 45.5 Å². The number of hydrogen-bond acceptors (Lipinski definition) is 12. The number of aromatic nitrogens is 6. The monoisotopic (exact) mass is 1950 g/mol. The van der Waals surface area contributed by atoms with Gasteiger partial charge in [-0.05, 0) is 102 Å². The summed E-state index contributed by atoms with van der Waals surface area (Å²) in [4.78, 5) is 31.7. The van der Waals surface area contributed by atoms with E-state index in [2.05, 4.69) is 237 Å². The van der Waals surface area contributed by atoms with E-state index in [0.717, 1.165) is 78.0 Å². The van der Waals surface area contributed by atoms with E-state index < -0.39 is 16.1 Å². The van der Waals surface area contributed by atoms with Crippen LogP contribution in [-0.4, -0.2) is 46.1 Å². The number of hydrogen-bond donors (Lipinski definition) is 0. The van der Waals surface area contributed by atoms with E-state index in [1.807, 2.05) is 152 Å². The molecular formula is C85H64N8OPt3S3Si2. The van der Waals surface area contributed by atoms with Gasteiger partial charge in [0, 0.05) is 82.1 Å². The Hall–Kier alpha value is -8.78. The molecule has 0 saturated heterocycles. The molecule has 9 nitrogen and oxygen atoms in total. The number of pyridine rings is 6. The van der Waals surface area contributed by atoms with Crippen LogP contribution in [0.4, 0.5) is 34.4 Å². The van der Waals surface area contributed by atoms with Crippen molar-refractivity contribution >= 4 is 166 Å². The van der Waals surface area contributed by atoms with E-state index in [9.17, 15) is 0 Å². The number of anilines is 6. The van der Waals surface area contributed by atoms with Crippen LogP contribution in [0.2, 0.25) is 26.2 Å². The maximum Gasteiger partial charge on any atom is 2.00 e. The molecule has 17 aromatic rings. The molecule has 0 aliphatic heterocycles. The molecule has 9 aromatic heterocycles. The zero-order valence-electron chi connectivity index (χ0n) is 56.2. The maximum atomic E-state index is 5.89. The predicted molar refractivity (Wildman–Crippen MR) is 419 cm³/mol. The topological polar surface area (TPSA) is 93.1 Å². The second kappa shape index (κ2) is 31.8. The van der Waals surface area contributed by atoms with E-state index >= 15 is 0 Å². The van der Waals surface area contributed by atoms with Crippen LogP contribution in [0.15, 0.2) is 280 Å². The van der Waals surface area contributed by atoms with Crippen LogP contribution < -0.4 is 35.5 Å². The Balaban J connectivity index is 0.000000143. The standard InChI is InChI=1S/C31H23N3S.C30H23N3SSi.C24H18N2OSSi.3Pt/c1-31(2,29-12-6-8-18-32-29)22-14-16-27-25(20-22)26-21-24(15-17-28(26)35-27)34(23-10-4-3-5-11-23)30-13-7-9-19-33-30;1-35(2,30-13-7-9-19-32-30)24-15-17-28-26(21-24)25-20-23(14-16-27(25)34-28)33(22-10-4-3-5-11-22)29-12-6-8-18-31-29;1-29(2,24-8-4-6-14-26-24)18-10-12-22-20(16-18)19-15-17(9-11-21(19)28-22)27-23-7-3-5-13-25-23;;;/h2*3-19H,1-2H3;3-14H,1-2H3;;;/q3*-2;3*+2. The fourth-order valence-corrected chi connectivity index (χ4v) is 19.6. The predicted octanol–water partition coefficient (Wildman–Crippen LogP) is 20.0. The minimum Gasteiger partial charge on any atom is -0.460 e. The molecule has 0 unspecified atom stereocenters. The number of benzene rings is 8. The molecule has 9 heterocycles. The molecule has 102 heavy (non-hydrogen) atoms. The van der Waals surface area contributed by atoms with Gasteiger partial charge < -0.3 is 14.5 Å². The molecule has 0 saturated carbocycles. The number of fused-ring (bicyclic) bond motifs is 9. The van der Waals surface area contributed by atoms with E-state index in [4.69, 9.17) is 4.74 Å². The van der Waals surface area contributed by atoms with Gasteiger partial charge in [0.25, 0.3) is 0 Å².